The van der Waals surface area contributed by atoms with Gasteiger partial charge < -0.3 is 10.6 Å². The van der Waals surface area contributed by atoms with E-state index >= 15 is 0 Å². The third-order valence-electron chi connectivity index (χ3n) is 2.36. The number of carbonyl (C=O) groups is 1. The highest BCUT2D eigenvalue weighted by Crippen LogP contribution is 2.16. The van der Waals surface area contributed by atoms with Crippen LogP contribution in [0.2, 0.25) is 0 Å². The van der Waals surface area contributed by atoms with Crippen LogP contribution in [0.3, 0.4) is 0 Å². The van der Waals surface area contributed by atoms with Gasteiger partial charge in [0, 0.05) is 6.04 Å². The number of carbonyl (C=O) groups excluding carboxylic acids is 1. The molecule has 1 atom stereocenters. The topological polar surface area (TPSA) is 41.1 Å². The fourth-order valence-corrected chi connectivity index (χ4v) is 1.09. The Hall–Kier alpha value is -0.570. The van der Waals surface area contributed by atoms with E-state index in [9.17, 15) is 4.79 Å². The molecule has 15 heavy (non-hydrogen) atoms. The van der Waals surface area contributed by atoms with E-state index in [2.05, 4.69) is 38.3 Å². The summed E-state index contributed by atoms with van der Waals surface area (Å²) in [7, 11) is 0. The number of nitrogens with one attached hydrogen (secondary N) is 2. The lowest BCUT2D eigenvalue weighted by atomic mass is 9.92. The predicted molar refractivity (Wildman–Crippen MR) is 64.8 cm³/mol. The van der Waals surface area contributed by atoms with E-state index in [0.717, 1.165) is 19.4 Å². The third-order valence-corrected chi connectivity index (χ3v) is 2.36. The van der Waals surface area contributed by atoms with Crippen LogP contribution in [0.1, 0.15) is 47.5 Å². The molecular formula is C12H26N2O. The van der Waals surface area contributed by atoms with E-state index in [1.54, 1.807) is 0 Å². The summed E-state index contributed by atoms with van der Waals surface area (Å²) in [4.78, 5) is 11.4. The van der Waals surface area contributed by atoms with Crippen molar-refractivity contribution >= 4 is 5.91 Å². The van der Waals surface area contributed by atoms with Crippen LogP contribution in [-0.4, -0.2) is 25.0 Å². The Morgan fingerprint density at radius 3 is 2.40 bits per heavy atom. The fourth-order valence-electron chi connectivity index (χ4n) is 1.09. The molecule has 0 fully saturated rings. The minimum absolute atomic E-state index is 0.0956. The van der Waals surface area contributed by atoms with Gasteiger partial charge in [-0.1, -0.05) is 27.7 Å². The SMILES string of the molecule is CCC(C)NC(=O)CNCCC(C)(C)C. The molecule has 3 heteroatoms. The van der Waals surface area contributed by atoms with Gasteiger partial charge in [0.15, 0.2) is 0 Å². The molecule has 0 aliphatic heterocycles. The molecule has 0 aromatic heterocycles. The Kier molecular flexibility index (Phi) is 6.57. The average molecular weight is 214 g/mol. The summed E-state index contributed by atoms with van der Waals surface area (Å²) >= 11 is 0. The predicted octanol–water partition coefficient (Wildman–Crippen LogP) is 1.93. The monoisotopic (exact) mass is 214 g/mol. The maximum Gasteiger partial charge on any atom is 0.234 e. The zero-order chi connectivity index (χ0) is 11.9. The number of hydrogen-bond acceptors (Lipinski definition) is 2. The highest BCUT2D eigenvalue weighted by atomic mass is 16.1. The van der Waals surface area contributed by atoms with Crippen molar-refractivity contribution in [3.63, 3.8) is 0 Å². The minimum Gasteiger partial charge on any atom is -0.353 e. The summed E-state index contributed by atoms with van der Waals surface area (Å²) in [5, 5.41) is 6.08. The molecule has 3 nitrogen and oxygen atoms in total. The molecule has 1 amide bonds. The van der Waals surface area contributed by atoms with Crippen LogP contribution < -0.4 is 10.6 Å². The lowest BCUT2D eigenvalue weighted by Gasteiger charge is -2.18. The van der Waals surface area contributed by atoms with Gasteiger partial charge in [-0.05, 0) is 31.7 Å². The van der Waals surface area contributed by atoms with E-state index in [-0.39, 0.29) is 11.9 Å². The van der Waals surface area contributed by atoms with Gasteiger partial charge in [-0.3, -0.25) is 4.79 Å². The fraction of sp³-hybridized carbons (Fsp3) is 0.917. The van der Waals surface area contributed by atoms with Crippen molar-refractivity contribution in [3.05, 3.63) is 0 Å². The molecule has 90 valence electrons. The number of rotatable bonds is 6. The zero-order valence-electron chi connectivity index (χ0n) is 10.8. The lowest BCUT2D eigenvalue weighted by molar-refractivity contribution is -0.120. The summed E-state index contributed by atoms with van der Waals surface area (Å²) in [6.07, 6.45) is 2.07. The molecule has 1 unspecified atom stereocenters. The number of amides is 1. The van der Waals surface area contributed by atoms with E-state index < -0.39 is 0 Å². The summed E-state index contributed by atoms with van der Waals surface area (Å²) < 4.78 is 0. The normalized spacial score (nSPS) is 13.7. The molecule has 0 radical (unpaired) electrons. The molecule has 0 aromatic carbocycles. The van der Waals surface area contributed by atoms with Gasteiger partial charge in [-0.15, -0.1) is 0 Å². The first-order chi connectivity index (χ1) is 6.85. The van der Waals surface area contributed by atoms with Crippen LogP contribution in [0.4, 0.5) is 0 Å². The van der Waals surface area contributed by atoms with Crippen molar-refractivity contribution < 1.29 is 4.79 Å². The molecule has 2 N–H and O–H groups in total. The molecule has 0 aliphatic rings. The van der Waals surface area contributed by atoms with Crippen molar-refractivity contribution in [2.75, 3.05) is 13.1 Å². The van der Waals surface area contributed by atoms with Crippen molar-refractivity contribution in [1.82, 2.24) is 10.6 Å². The van der Waals surface area contributed by atoms with Gasteiger partial charge in [0.25, 0.3) is 0 Å². The second-order valence-corrected chi connectivity index (χ2v) is 5.36. The highest BCUT2D eigenvalue weighted by Gasteiger charge is 2.09. The average Bonchev–Trinajstić information content (AvgIpc) is 2.11. The Morgan fingerprint density at radius 2 is 1.93 bits per heavy atom. The summed E-state index contributed by atoms with van der Waals surface area (Å²) in [5.74, 6) is 0.0956. The van der Waals surface area contributed by atoms with Crippen molar-refractivity contribution in [2.45, 2.75) is 53.5 Å². The van der Waals surface area contributed by atoms with Crippen LogP contribution in [0.15, 0.2) is 0 Å². The van der Waals surface area contributed by atoms with Gasteiger partial charge in [0.2, 0.25) is 5.91 Å². The van der Waals surface area contributed by atoms with Gasteiger partial charge in [-0.25, -0.2) is 0 Å². The lowest BCUT2D eigenvalue weighted by Crippen LogP contribution is -2.39. The van der Waals surface area contributed by atoms with Crippen LogP contribution in [0.5, 0.6) is 0 Å². The molecule has 0 bridgehead atoms. The molecule has 0 aliphatic carbocycles. The van der Waals surface area contributed by atoms with Crippen LogP contribution in [0, 0.1) is 5.41 Å². The van der Waals surface area contributed by atoms with Crippen LogP contribution in [-0.2, 0) is 4.79 Å². The molecule has 0 heterocycles. The van der Waals surface area contributed by atoms with E-state index in [1.807, 2.05) is 6.92 Å². The summed E-state index contributed by atoms with van der Waals surface area (Å²) in [6, 6.07) is 0.280. The second-order valence-electron chi connectivity index (χ2n) is 5.36. The smallest absolute Gasteiger partial charge is 0.234 e. The van der Waals surface area contributed by atoms with Gasteiger partial charge in [-0.2, -0.15) is 0 Å². The van der Waals surface area contributed by atoms with E-state index in [0.29, 0.717) is 12.0 Å². The zero-order valence-corrected chi connectivity index (χ0v) is 10.8. The Labute approximate surface area is 94.0 Å². The van der Waals surface area contributed by atoms with E-state index in [1.165, 1.54) is 0 Å². The molecule has 0 spiro atoms. The maximum absolute atomic E-state index is 11.4. The molecule has 0 aromatic rings. The highest BCUT2D eigenvalue weighted by molar-refractivity contribution is 5.78. The molecular weight excluding hydrogens is 188 g/mol. The Bertz CT molecular complexity index is 185. The van der Waals surface area contributed by atoms with Crippen molar-refractivity contribution in [1.29, 1.82) is 0 Å². The first kappa shape index (κ1) is 14.4. The Morgan fingerprint density at radius 1 is 1.33 bits per heavy atom. The minimum atomic E-state index is 0.0956. The second kappa shape index (κ2) is 6.83. The van der Waals surface area contributed by atoms with Gasteiger partial charge >= 0.3 is 0 Å². The quantitative estimate of drug-likeness (QED) is 0.663. The maximum atomic E-state index is 11.4. The van der Waals surface area contributed by atoms with Crippen molar-refractivity contribution in [2.24, 2.45) is 5.41 Å². The summed E-state index contributed by atoms with van der Waals surface area (Å²) in [6.45, 7) is 12.0. The van der Waals surface area contributed by atoms with Crippen LogP contribution >= 0.6 is 0 Å². The van der Waals surface area contributed by atoms with Crippen LogP contribution in [0.25, 0.3) is 0 Å². The number of hydrogen-bond donors (Lipinski definition) is 2. The first-order valence-electron chi connectivity index (χ1n) is 5.85. The van der Waals surface area contributed by atoms with Gasteiger partial charge in [0.05, 0.1) is 6.54 Å². The largest absolute Gasteiger partial charge is 0.353 e. The standard InChI is InChI=1S/C12H26N2O/c1-6-10(2)14-11(15)9-13-8-7-12(3,4)5/h10,13H,6-9H2,1-5H3,(H,14,15). The molecule has 0 saturated carbocycles. The first-order valence-corrected chi connectivity index (χ1v) is 5.85. The Balaban J connectivity index is 3.48. The summed E-state index contributed by atoms with van der Waals surface area (Å²) in [5.41, 5.74) is 0.334. The third kappa shape index (κ3) is 9.73. The van der Waals surface area contributed by atoms with E-state index in [4.69, 9.17) is 0 Å². The molecule has 0 rings (SSSR count). The van der Waals surface area contributed by atoms with Gasteiger partial charge in [0.1, 0.15) is 0 Å². The molecule has 0 saturated heterocycles. The van der Waals surface area contributed by atoms with Crippen molar-refractivity contribution in [3.8, 4) is 0 Å².